The van der Waals surface area contributed by atoms with Crippen molar-refractivity contribution in [2.24, 2.45) is 0 Å². The van der Waals surface area contributed by atoms with Crippen LogP contribution in [0.25, 0.3) is 0 Å². The third-order valence-electron chi connectivity index (χ3n) is 2.30. The number of fused-ring (bicyclic) bond motifs is 1. The number of nitrogens with zero attached hydrogens (tertiary/aromatic N) is 1. The van der Waals surface area contributed by atoms with Crippen LogP contribution in [0.3, 0.4) is 0 Å². The minimum Gasteiger partial charge on any atom is -0.293 e. The Morgan fingerprint density at radius 1 is 1.25 bits per heavy atom. The van der Waals surface area contributed by atoms with E-state index in [1.165, 1.54) is 24.0 Å². The Labute approximate surface area is 71.8 Å². The fourth-order valence-corrected chi connectivity index (χ4v) is 1.71. The van der Waals surface area contributed by atoms with Gasteiger partial charge in [-0.3, -0.25) is 5.32 Å². The summed E-state index contributed by atoms with van der Waals surface area (Å²) in [6.07, 6.45) is 5.54. The normalized spacial score (nSPS) is 13.6. The molecule has 0 saturated carbocycles. The summed E-state index contributed by atoms with van der Waals surface area (Å²) >= 11 is 0. The first-order valence-corrected chi connectivity index (χ1v) is 4.17. The van der Waals surface area contributed by atoms with E-state index in [4.69, 9.17) is 5.26 Å². The zero-order valence-corrected chi connectivity index (χ0v) is 6.80. The van der Waals surface area contributed by atoms with Crippen molar-refractivity contribution in [3.05, 3.63) is 29.3 Å². The molecule has 0 radical (unpaired) electrons. The van der Waals surface area contributed by atoms with Crippen molar-refractivity contribution >= 4 is 5.69 Å². The van der Waals surface area contributed by atoms with Crippen LogP contribution >= 0.6 is 0 Å². The molecule has 0 saturated heterocycles. The van der Waals surface area contributed by atoms with Crippen molar-refractivity contribution in [2.75, 3.05) is 5.32 Å². The molecule has 2 rings (SSSR count). The molecule has 60 valence electrons. The van der Waals surface area contributed by atoms with Crippen molar-refractivity contribution in [2.45, 2.75) is 19.3 Å². The van der Waals surface area contributed by atoms with Gasteiger partial charge in [-0.25, -0.2) is 0 Å². The minimum absolute atomic E-state index is 0.915. The van der Waals surface area contributed by atoms with Crippen LogP contribution in [-0.4, -0.2) is 0 Å². The second-order valence-electron chi connectivity index (χ2n) is 3.07. The zero-order chi connectivity index (χ0) is 8.39. The van der Waals surface area contributed by atoms with E-state index in [1.54, 1.807) is 0 Å². The van der Waals surface area contributed by atoms with Gasteiger partial charge < -0.3 is 0 Å². The number of benzene rings is 1. The lowest BCUT2D eigenvalue weighted by Gasteiger charge is -2.01. The third-order valence-corrected chi connectivity index (χ3v) is 2.30. The van der Waals surface area contributed by atoms with Crippen molar-refractivity contribution in [3.63, 3.8) is 0 Å². The summed E-state index contributed by atoms with van der Waals surface area (Å²) in [7, 11) is 0. The number of aryl methyl sites for hydroxylation is 2. The summed E-state index contributed by atoms with van der Waals surface area (Å²) in [5.74, 6) is 0. The topological polar surface area (TPSA) is 35.8 Å². The molecule has 2 nitrogen and oxygen atoms in total. The predicted molar refractivity (Wildman–Crippen MR) is 47.7 cm³/mol. The highest BCUT2D eigenvalue weighted by Crippen LogP contribution is 2.24. The zero-order valence-electron chi connectivity index (χ0n) is 6.80. The second-order valence-corrected chi connectivity index (χ2v) is 3.07. The molecule has 2 heteroatoms. The number of nitrogens with one attached hydrogen (secondary N) is 1. The van der Waals surface area contributed by atoms with Crippen LogP contribution < -0.4 is 5.32 Å². The molecule has 12 heavy (non-hydrogen) atoms. The summed E-state index contributed by atoms with van der Waals surface area (Å²) < 4.78 is 0. The first-order valence-electron chi connectivity index (χ1n) is 4.17. The van der Waals surface area contributed by atoms with E-state index in [1.807, 2.05) is 12.3 Å². The van der Waals surface area contributed by atoms with Crippen LogP contribution in [0.2, 0.25) is 0 Å². The second kappa shape index (κ2) is 2.86. The molecule has 0 heterocycles. The van der Waals surface area contributed by atoms with Gasteiger partial charge in [0.25, 0.3) is 0 Å². The van der Waals surface area contributed by atoms with Gasteiger partial charge >= 0.3 is 0 Å². The van der Waals surface area contributed by atoms with Gasteiger partial charge in [-0.2, -0.15) is 5.26 Å². The van der Waals surface area contributed by atoms with Gasteiger partial charge in [0.05, 0.1) is 0 Å². The Hall–Kier alpha value is -1.49. The number of hydrogen-bond acceptors (Lipinski definition) is 2. The quantitative estimate of drug-likeness (QED) is 0.501. The molecular weight excluding hydrogens is 148 g/mol. The minimum atomic E-state index is 0.915. The molecule has 1 N–H and O–H groups in total. The summed E-state index contributed by atoms with van der Waals surface area (Å²) in [5.41, 5.74) is 3.76. The van der Waals surface area contributed by atoms with Crippen LogP contribution in [0.1, 0.15) is 17.5 Å². The molecule has 0 bridgehead atoms. The largest absolute Gasteiger partial charge is 0.293 e. The molecule has 0 aliphatic heterocycles. The molecule has 0 amide bonds. The fraction of sp³-hybridized carbons (Fsp3) is 0.300. The Kier molecular flexibility index (Phi) is 1.71. The lowest BCUT2D eigenvalue weighted by Crippen LogP contribution is -1.89. The first kappa shape index (κ1) is 7.17. The van der Waals surface area contributed by atoms with Gasteiger partial charge in [-0.1, -0.05) is 6.07 Å². The van der Waals surface area contributed by atoms with Gasteiger partial charge in [-0.15, -0.1) is 0 Å². The number of nitriles is 1. The van der Waals surface area contributed by atoms with Crippen molar-refractivity contribution in [1.82, 2.24) is 0 Å². The molecule has 1 aliphatic carbocycles. The molecule has 0 fully saturated rings. The lowest BCUT2D eigenvalue weighted by molar-refractivity contribution is 0.912. The highest BCUT2D eigenvalue weighted by molar-refractivity contribution is 5.52. The van der Waals surface area contributed by atoms with Crippen molar-refractivity contribution in [3.8, 4) is 6.19 Å². The van der Waals surface area contributed by atoms with Crippen molar-refractivity contribution < 1.29 is 0 Å². The average molecular weight is 158 g/mol. The van der Waals surface area contributed by atoms with Crippen molar-refractivity contribution in [1.29, 1.82) is 5.26 Å². The van der Waals surface area contributed by atoms with E-state index >= 15 is 0 Å². The SMILES string of the molecule is N#CNc1ccc2c(c1)CCC2. The number of hydrogen-bond donors (Lipinski definition) is 1. The maximum absolute atomic E-state index is 8.41. The third kappa shape index (κ3) is 1.14. The van der Waals surface area contributed by atoms with E-state index in [9.17, 15) is 0 Å². The maximum atomic E-state index is 8.41. The first-order chi connectivity index (χ1) is 5.90. The van der Waals surface area contributed by atoms with Gasteiger partial charge in [0.15, 0.2) is 6.19 Å². The highest BCUT2D eigenvalue weighted by atomic mass is 14.9. The van der Waals surface area contributed by atoms with E-state index in [0.29, 0.717) is 0 Å². The van der Waals surface area contributed by atoms with Gasteiger partial charge in [-0.05, 0) is 42.5 Å². The predicted octanol–water partition coefficient (Wildman–Crippen LogP) is 2.07. The summed E-state index contributed by atoms with van der Waals surface area (Å²) in [5, 5.41) is 11.0. The smallest absolute Gasteiger partial charge is 0.181 e. The van der Waals surface area contributed by atoms with Crippen LogP contribution in [-0.2, 0) is 12.8 Å². The standard InChI is InChI=1S/C10H10N2/c11-7-12-10-5-4-8-2-1-3-9(8)6-10/h4-6,12H,1-3H2. The van der Waals surface area contributed by atoms with Gasteiger partial charge in [0, 0.05) is 5.69 Å². The molecule has 0 aromatic heterocycles. The molecule has 1 aromatic rings. The Morgan fingerprint density at radius 2 is 2.08 bits per heavy atom. The number of anilines is 1. The molecule has 0 atom stereocenters. The van der Waals surface area contributed by atoms with E-state index in [0.717, 1.165) is 12.1 Å². The van der Waals surface area contributed by atoms with Crippen LogP contribution in [0.15, 0.2) is 18.2 Å². The van der Waals surface area contributed by atoms with E-state index in [2.05, 4.69) is 17.4 Å². The molecule has 1 aliphatic rings. The van der Waals surface area contributed by atoms with E-state index in [-0.39, 0.29) is 0 Å². The maximum Gasteiger partial charge on any atom is 0.181 e. The van der Waals surface area contributed by atoms with Gasteiger partial charge in [0.2, 0.25) is 0 Å². The summed E-state index contributed by atoms with van der Waals surface area (Å²) in [6.45, 7) is 0. The summed E-state index contributed by atoms with van der Waals surface area (Å²) in [6, 6.07) is 6.15. The Balaban J connectivity index is 2.34. The van der Waals surface area contributed by atoms with Crippen LogP contribution in [0.5, 0.6) is 0 Å². The Morgan fingerprint density at radius 3 is 2.92 bits per heavy atom. The summed E-state index contributed by atoms with van der Waals surface area (Å²) in [4.78, 5) is 0. The molecule has 0 unspecified atom stereocenters. The highest BCUT2D eigenvalue weighted by Gasteiger charge is 2.09. The van der Waals surface area contributed by atoms with Crippen LogP contribution in [0, 0.1) is 11.5 Å². The Bertz CT molecular complexity index is 336. The lowest BCUT2D eigenvalue weighted by atomic mass is 10.1. The van der Waals surface area contributed by atoms with Crippen LogP contribution in [0.4, 0.5) is 5.69 Å². The monoisotopic (exact) mass is 158 g/mol. The molecular formula is C10H10N2. The van der Waals surface area contributed by atoms with E-state index < -0.39 is 0 Å². The fourth-order valence-electron chi connectivity index (χ4n) is 1.71. The number of rotatable bonds is 1. The molecule has 1 aromatic carbocycles. The average Bonchev–Trinajstić information content (AvgIpc) is 2.51. The van der Waals surface area contributed by atoms with Gasteiger partial charge in [0.1, 0.15) is 0 Å². The molecule has 0 spiro atoms.